The van der Waals surface area contributed by atoms with Gasteiger partial charge in [-0.05, 0) is 38.5 Å². The third-order valence-corrected chi connectivity index (χ3v) is 3.05. The van der Waals surface area contributed by atoms with Crippen molar-refractivity contribution in [2.45, 2.75) is 45.8 Å². The van der Waals surface area contributed by atoms with Gasteiger partial charge in [-0.2, -0.15) is 13.2 Å². The second kappa shape index (κ2) is 7.33. The van der Waals surface area contributed by atoms with Gasteiger partial charge in [-0.25, -0.2) is 0 Å². The Morgan fingerprint density at radius 2 is 1.95 bits per heavy atom. The minimum Gasteiger partial charge on any atom is -0.385 e. The summed E-state index contributed by atoms with van der Waals surface area (Å²) in [6.07, 6.45) is -2.81. The molecule has 118 valence electrons. The first-order valence-electron chi connectivity index (χ1n) is 7.05. The zero-order chi connectivity index (χ0) is 16.0. The van der Waals surface area contributed by atoms with Crippen LogP contribution in [-0.2, 0) is 6.18 Å². The van der Waals surface area contributed by atoms with Gasteiger partial charge in [-0.15, -0.1) is 0 Å². The van der Waals surface area contributed by atoms with Crippen LogP contribution in [0.4, 0.5) is 18.9 Å². The van der Waals surface area contributed by atoms with Crippen molar-refractivity contribution < 1.29 is 18.0 Å². The summed E-state index contributed by atoms with van der Waals surface area (Å²) < 4.78 is 39.1. The van der Waals surface area contributed by atoms with Crippen LogP contribution < -0.4 is 10.6 Å². The summed E-state index contributed by atoms with van der Waals surface area (Å²) in [6, 6.07) is 3.53. The predicted octanol–water partition coefficient (Wildman–Crippen LogP) is 4.06. The highest BCUT2D eigenvalue weighted by atomic mass is 19.4. The number of anilines is 1. The van der Waals surface area contributed by atoms with Crippen LogP contribution in [0.2, 0.25) is 0 Å². The number of rotatable bonds is 6. The van der Waals surface area contributed by atoms with Crippen LogP contribution in [0.3, 0.4) is 0 Å². The molecule has 0 aromatic heterocycles. The fourth-order valence-corrected chi connectivity index (χ4v) is 2.08. The highest BCUT2D eigenvalue weighted by Gasteiger charge is 2.34. The number of benzene rings is 1. The number of nitrogens with one attached hydrogen (secondary N) is 2. The van der Waals surface area contributed by atoms with Gasteiger partial charge in [0.15, 0.2) is 0 Å². The first-order chi connectivity index (χ1) is 9.79. The molecule has 0 radical (unpaired) electrons. The maximum absolute atomic E-state index is 13.0. The van der Waals surface area contributed by atoms with E-state index in [2.05, 4.69) is 10.6 Å². The van der Waals surface area contributed by atoms with E-state index in [1.165, 1.54) is 12.1 Å². The maximum Gasteiger partial charge on any atom is 0.418 e. The molecule has 0 spiro atoms. The molecule has 0 saturated heterocycles. The lowest BCUT2D eigenvalue weighted by atomic mass is 10.1. The van der Waals surface area contributed by atoms with Gasteiger partial charge in [0.25, 0.3) is 5.91 Å². The fraction of sp³-hybridized carbons (Fsp3) is 0.533. The Morgan fingerprint density at radius 1 is 1.29 bits per heavy atom. The van der Waals surface area contributed by atoms with Crippen molar-refractivity contribution in [1.29, 1.82) is 0 Å². The maximum atomic E-state index is 13.0. The smallest absolute Gasteiger partial charge is 0.385 e. The van der Waals surface area contributed by atoms with Crippen molar-refractivity contribution in [3.8, 4) is 0 Å². The molecule has 0 saturated carbocycles. The van der Waals surface area contributed by atoms with Gasteiger partial charge in [-0.3, -0.25) is 4.79 Å². The van der Waals surface area contributed by atoms with Crippen LogP contribution in [0.5, 0.6) is 0 Å². The van der Waals surface area contributed by atoms with E-state index < -0.39 is 17.6 Å². The van der Waals surface area contributed by atoms with E-state index in [0.717, 1.165) is 18.9 Å². The summed E-state index contributed by atoms with van der Waals surface area (Å²) in [5.74, 6) is -0.482. The lowest BCUT2D eigenvalue weighted by Crippen LogP contribution is -2.32. The van der Waals surface area contributed by atoms with Crippen LogP contribution in [0, 0.1) is 0 Å². The molecule has 0 aliphatic carbocycles. The summed E-state index contributed by atoms with van der Waals surface area (Å²) in [4.78, 5) is 12.0. The molecule has 1 aromatic carbocycles. The molecule has 1 amide bonds. The summed E-state index contributed by atoms with van der Waals surface area (Å²) >= 11 is 0. The number of amides is 1. The monoisotopic (exact) mass is 302 g/mol. The largest absolute Gasteiger partial charge is 0.418 e. The van der Waals surface area contributed by atoms with Crippen molar-refractivity contribution >= 4 is 11.6 Å². The summed E-state index contributed by atoms with van der Waals surface area (Å²) in [5, 5.41) is 5.36. The Morgan fingerprint density at radius 3 is 2.48 bits per heavy atom. The van der Waals surface area contributed by atoms with Gasteiger partial charge < -0.3 is 10.6 Å². The normalized spacial score (nSPS) is 12.9. The zero-order valence-corrected chi connectivity index (χ0v) is 12.5. The van der Waals surface area contributed by atoms with E-state index in [-0.39, 0.29) is 17.3 Å². The van der Waals surface area contributed by atoms with Crippen molar-refractivity contribution in [1.82, 2.24) is 5.32 Å². The standard InChI is InChI=1S/C15H21F3N2O/c1-4-6-10(3)20-14(21)11-7-8-13(19-5-2)12(9-11)15(16,17)18/h7-10,19H,4-6H2,1-3H3,(H,20,21). The number of hydrogen-bond acceptors (Lipinski definition) is 2. The second-order valence-electron chi connectivity index (χ2n) is 4.95. The molecule has 0 aliphatic heterocycles. The Kier molecular flexibility index (Phi) is 6.05. The lowest BCUT2D eigenvalue weighted by molar-refractivity contribution is -0.137. The molecule has 2 N–H and O–H groups in total. The number of hydrogen-bond donors (Lipinski definition) is 2. The average molecular weight is 302 g/mol. The number of alkyl halides is 3. The average Bonchev–Trinajstić information content (AvgIpc) is 2.38. The lowest BCUT2D eigenvalue weighted by Gasteiger charge is -2.17. The Hall–Kier alpha value is -1.72. The van der Waals surface area contributed by atoms with Gasteiger partial charge in [-0.1, -0.05) is 13.3 Å². The predicted molar refractivity (Wildman–Crippen MR) is 77.4 cm³/mol. The van der Waals surface area contributed by atoms with Gasteiger partial charge in [0.1, 0.15) is 0 Å². The van der Waals surface area contributed by atoms with Gasteiger partial charge in [0.05, 0.1) is 5.56 Å². The fourth-order valence-electron chi connectivity index (χ4n) is 2.08. The summed E-state index contributed by atoms with van der Waals surface area (Å²) in [6.45, 7) is 5.91. The zero-order valence-electron chi connectivity index (χ0n) is 12.5. The molecule has 0 aliphatic rings. The minimum atomic E-state index is -4.50. The van der Waals surface area contributed by atoms with E-state index in [1.807, 2.05) is 13.8 Å². The molecule has 1 unspecified atom stereocenters. The molecule has 6 heteroatoms. The number of carbonyl (C=O) groups is 1. The van der Waals surface area contributed by atoms with Crippen molar-refractivity contribution in [2.24, 2.45) is 0 Å². The molecule has 1 aromatic rings. The highest BCUT2D eigenvalue weighted by molar-refractivity contribution is 5.95. The van der Waals surface area contributed by atoms with Crippen LogP contribution >= 0.6 is 0 Å². The van der Waals surface area contributed by atoms with E-state index in [0.29, 0.717) is 6.54 Å². The first kappa shape index (κ1) is 17.3. The van der Waals surface area contributed by atoms with Gasteiger partial charge in [0.2, 0.25) is 0 Å². The molecular formula is C15H21F3N2O. The topological polar surface area (TPSA) is 41.1 Å². The minimum absolute atomic E-state index is 0.0110. The van der Waals surface area contributed by atoms with Crippen LogP contribution in [0.25, 0.3) is 0 Å². The molecule has 0 fully saturated rings. The Labute approximate surface area is 122 Å². The molecule has 0 heterocycles. The quantitative estimate of drug-likeness (QED) is 0.832. The third kappa shape index (κ3) is 4.95. The van der Waals surface area contributed by atoms with Crippen molar-refractivity contribution in [3.63, 3.8) is 0 Å². The van der Waals surface area contributed by atoms with Gasteiger partial charge in [0, 0.05) is 23.8 Å². The summed E-state index contributed by atoms with van der Waals surface area (Å²) in [7, 11) is 0. The van der Waals surface area contributed by atoms with Crippen molar-refractivity contribution in [2.75, 3.05) is 11.9 Å². The number of halogens is 3. The van der Waals surface area contributed by atoms with Crippen LogP contribution in [0.1, 0.15) is 49.5 Å². The van der Waals surface area contributed by atoms with E-state index >= 15 is 0 Å². The van der Waals surface area contributed by atoms with E-state index in [4.69, 9.17) is 0 Å². The first-order valence-corrected chi connectivity index (χ1v) is 7.05. The Balaban J connectivity index is 3.02. The molecule has 21 heavy (non-hydrogen) atoms. The highest BCUT2D eigenvalue weighted by Crippen LogP contribution is 2.35. The molecule has 3 nitrogen and oxygen atoms in total. The van der Waals surface area contributed by atoms with Crippen LogP contribution in [0.15, 0.2) is 18.2 Å². The second-order valence-corrected chi connectivity index (χ2v) is 4.95. The molecule has 1 rings (SSSR count). The third-order valence-electron chi connectivity index (χ3n) is 3.05. The molecular weight excluding hydrogens is 281 g/mol. The molecule has 1 atom stereocenters. The number of carbonyl (C=O) groups excluding carboxylic acids is 1. The Bertz CT molecular complexity index is 486. The van der Waals surface area contributed by atoms with Gasteiger partial charge >= 0.3 is 6.18 Å². The summed E-state index contributed by atoms with van der Waals surface area (Å²) in [5.41, 5.74) is -0.810. The van der Waals surface area contributed by atoms with E-state index in [9.17, 15) is 18.0 Å². The van der Waals surface area contributed by atoms with Crippen molar-refractivity contribution in [3.05, 3.63) is 29.3 Å². The SMILES string of the molecule is CCCC(C)NC(=O)c1ccc(NCC)c(C(F)(F)F)c1. The molecule has 0 bridgehead atoms. The van der Waals surface area contributed by atoms with Crippen LogP contribution in [-0.4, -0.2) is 18.5 Å². The van der Waals surface area contributed by atoms with E-state index in [1.54, 1.807) is 6.92 Å².